The Morgan fingerprint density at radius 3 is 2.60 bits per heavy atom. The number of rotatable bonds is 7. The van der Waals surface area contributed by atoms with Crippen molar-refractivity contribution in [1.82, 2.24) is 4.57 Å². The Labute approximate surface area is 176 Å². The first-order valence-electron chi connectivity index (χ1n) is 9.63. The molecule has 152 valence electrons. The van der Waals surface area contributed by atoms with Crippen LogP contribution in [0, 0.1) is 11.3 Å². The smallest absolute Gasteiger partial charge is 0.266 e. The van der Waals surface area contributed by atoms with Gasteiger partial charge in [-0.3, -0.25) is 4.79 Å². The van der Waals surface area contributed by atoms with Crippen molar-refractivity contribution in [3.05, 3.63) is 78.1 Å². The van der Waals surface area contributed by atoms with Crippen molar-refractivity contribution >= 4 is 23.4 Å². The number of amides is 1. The molecular formula is C24H24N4O2. The van der Waals surface area contributed by atoms with Gasteiger partial charge in [0.2, 0.25) is 0 Å². The summed E-state index contributed by atoms with van der Waals surface area (Å²) >= 11 is 0. The summed E-state index contributed by atoms with van der Waals surface area (Å²) in [5.74, 6) is 0.190. The minimum Gasteiger partial charge on any atom is -0.494 e. The van der Waals surface area contributed by atoms with E-state index in [0.29, 0.717) is 18.0 Å². The van der Waals surface area contributed by atoms with Crippen LogP contribution in [0.15, 0.2) is 72.4 Å². The van der Waals surface area contributed by atoms with E-state index in [0.717, 1.165) is 17.1 Å². The van der Waals surface area contributed by atoms with E-state index < -0.39 is 5.91 Å². The molecule has 0 atom stereocenters. The van der Waals surface area contributed by atoms with Crippen LogP contribution >= 0.6 is 0 Å². The van der Waals surface area contributed by atoms with E-state index in [-0.39, 0.29) is 5.57 Å². The molecule has 30 heavy (non-hydrogen) atoms. The minimum atomic E-state index is -0.471. The van der Waals surface area contributed by atoms with Gasteiger partial charge < -0.3 is 19.5 Å². The minimum absolute atomic E-state index is 0.0154. The largest absolute Gasteiger partial charge is 0.494 e. The standard InChI is InChI=1S/C24H24N4O2/c1-4-30-23-9-5-7-19(16-23)26-24(29)18(17-25)15-22-8-6-14-28(22)21-12-10-20(11-13-21)27(2)3/h5-16H,4H2,1-3H3,(H,26,29)/b18-15+. The average Bonchev–Trinajstić information content (AvgIpc) is 3.20. The SMILES string of the molecule is CCOc1cccc(NC(=O)/C(C#N)=C/c2cccn2-c2ccc(N(C)C)cc2)c1. The zero-order chi connectivity index (χ0) is 21.5. The van der Waals surface area contributed by atoms with Crippen molar-refractivity contribution in [2.75, 3.05) is 30.9 Å². The third kappa shape index (κ3) is 4.89. The fourth-order valence-electron chi connectivity index (χ4n) is 2.98. The van der Waals surface area contributed by atoms with Gasteiger partial charge in [-0.05, 0) is 61.5 Å². The first-order valence-corrected chi connectivity index (χ1v) is 9.63. The van der Waals surface area contributed by atoms with Gasteiger partial charge in [-0.2, -0.15) is 5.26 Å². The van der Waals surface area contributed by atoms with E-state index in [1.165, 1.54) is 0 Å². The van der Waals surface area contributed by atoms with Crippen molar-refractivity contribution in [3.63, 3.8) is 0 Å². The monoisotopic (exact) mass is 400 g/mol. The molecule has 0 bridgehead atoms. The van der Waals surface area contributed by atoms with Crippen LogP contribution in [0.5, 0.6) is 5.75 Å². The summed E-state index contributed by atoms with van der Waals surface area (Å²) in [6.07, 6.45) is 3.48. The highest BCUT2D eigenvalue weighted by molar-refractivity contribution is 6.09. The van der Waals surface area contributed by atoms with E-state index >= 15 is 0 Å². The van der Waals surface area contributed by atoms with E-state index in [9.17, 15) is 10.1 Å². The van der Waals surface area contributed by atoms with Crippen LogP contribution in [0.2, 0.25) is 0 Å². The Morgan fingerprint density at radius 2 is 1.93 bits per heavy atom. The molecule has 0 unspecified atom stereocenters. The normalized spacial score (nSPS) is 10.9. The third-order valence-electron chi connectivity index (χ3n) is 4.48. The molecule has 6 nitrogen and oxygen atoms in total. The highest BCUT2D eigenvalue weighted by Gasteiger charge is 2.12. The van der Waals surface area contributed by atoms with Gasteiger partial charge >= 0.3 is 0 Å². The number of anilines is 2. The fraction of sp³-hybridized carbons (Fsp3) is 0.167. The molecule has 0 aliphatic rings. The number of carbonyl (C=O) groups is 1. The average molecular weight is 400 g/mol. The lowest BCUT2D eigenvalue weighted by atomic mass is 10.2. The van der Waals surface area contributed by atoms with Gasteiger partial charge in [0.15, 0.2) is 0 Å². The van der Waals surface area contributed by atoms with Crippen molar-refractivity contribution in [1.29, 1.82) is 5.26 Å². The lowest BCUT2D eigenvalue weighted by molar-refractivity contribution is -0.112. The van der Waals surface area contributed by atoms with Gasteiger partial charge in [-0.25, -0.2) is 0 Å². The Bertz CT molecular complexity index is 1090. The van der Waals surface area contributed by atoms with Crippen LogP contribution in [0.25, 0.3) is 11.8 Å². The molecule has 2 aromatic carbocycles. The topological polar surface area (TPSA) is 70.3 Å². The van der Waals surface area contributed by atoms with Crippen LogP contribution in [-0.4, -0.2) is 31.2 Å². The Morgan fingerprint density at radius 1 is 1.17 bits per heavy atom. The maximum atomic E-state index is 12.6. The molecule has 0 saturated carbocycles. The van der Waals surface area contributed by atoms with E-state index in [4.69, 9.17) is 4.74 Å². The molecule has 3 aromatic rings. The molecule has 6 heteroatoms. The third-order valence-corrected chi connectivity index (χ3v) is 4.48. The van der Waals surface area contributed by atoms with E-state index in [2.05, 4.69) is 5.32 Å². The number of aromatic nitrogens is 1. The van der Waals surface area contributed by atoms with Crippen LogP contribution < -0.4 is 15.0 Å². The quantitative estimate of drug-likeness (QED) is 0.469. The molecule has 1 N–H and O–H groups in total. The van der Waals surface area contributed by atoms with Crippen molar-refractivity contribution in [2.24, 2.45) is 0 Å². The molecule has 0 saturated heterocycles. The van der Waals surface area contributed by atoms with Gasteiger partial charge in [0, 0.05) is 49.1 Å². The first kappa shape index (κ1) is 20.7. The summed E-state index contributed by atoms with van der Waals surface area (Å²) in [6.45, 7) is 2.43. The Balaban J connectivity index is 1.83. The molecule has 0 radical (unpaired) electrons. The molecule has 0 aliphatic heterocycles. The number of benzene rings is 2. The van der Waals surface area contributed by atoms with Gasteiger partial charge in [-0.15, -0.1) is 0 Å². The highest BCUT2D eigenvalue weighted by atomic mass is 16.5. The molecule has 1 aromatic heterocycles. The van der Waals surface area contributed by atoms with Crippen LogP contribution in [-0.2, 0) is 4.79 Å². The molecule has 0 spiro atoms. The Hall–Kier alpha value is -3.98. The number of nitrogens with one attached hydrogen (secondary N) is 1. The van der Waals surface area contributed by atoms with Crippen molar-refractivity contribution in [2.45, 2.75) is 6.92 Å². The summed E-state index contributed by atoms with van der Waals surface area (Å²) < 4.78 is 7.38. The first-order chi connectivity index (χ1) is 14.5. The van der Waals surface area contributed by atoms with Crippen molar-refractivity contribution in [3.8, 4) is 17.5 Å². The van der Waals surface area contributed by atoms with Gasteiger partial charge in [-0.1, -0.05) is 6.07 Å². The Kier molecular flexibility index (Phi) is 6.56. The number of hydrogen-bond donors (Lipinski definition) is 1. The molecule has 0 aliphatic carbocycles. The number of nitriles is 1. The van der Waals surface area contributed by atoms with Crippen LogP contribution in [0.3, 0.4) is 0 Å². The van der Waals surface area contributed by atoms with Crippen molar-refractivity contribution < 1.29 is 9.53 Å². The summed E-state index contributed by atoms with van der Waals surface area (Å²) in [5, 5.41) is 12.3. The lowest BCUT2D eigenvalue weighted by Gasteiger charge is -2.14. The molecule has 1 amide bonds. The maximum absolute atomic E-state index is 12.6. The number of hydrogen-bond acceptors (Lipinski definition) is 4. The zero-order valence-corrected chi connectivity index (χ0v) is 17.3. The van der Waals surface area contributed by atoms with Gasteiger partial charge in [0.25, 0.3) is 5.91 Å². The summed E-state index contributed by atoms with van der Waals surface area (Å²) in [5.41, 5.74) is 3.36. The predicted molar refractivity (Wildman–Crippen MR) is 120 cm³/mol. The van der Waals surface area contributed by atoms with Crippen LogP contribution in [0.1, 0.15) is 12.6 Å². The lowest BCUT2D eigenvalue weighted by Crippen LogP contribution is -2.13. The second kappa shape index (κ2) is 9.48. The van der Waals surface area contributed by atoms with Crippen LogP contribution in [0.4, 0.5) is 11.4 Å². The number of carbonyl (C=O) groups excluding carboxylic acids is 1. The molecule has 1 heterocycles. The van der Waals surface area contributed by atoms with E-state index in [1.54, 1.807) is 24.3 Å². The fourth-order valence-corrected chi connectivity index (χ4v) is 2.98. The molecule has 0 fully saturated rings. The number of ether oxygens (including phenoxy) is 1. The highest BCUT2D eigenvalue weighted by Crippen LogP contribution is 2.21. The summed E-state index contributed by atoms with van der Waals surface area (Å²) in [6, 6.07) is 20.9. The van der Waals surface area contributed by atoms with E-state index in [1.807, 2.05) is 85.2 Å². The molecular weight excluding hydrogens is 376 g/mol. The summed E-state index contributed by atoms with van der Waals surface area (Å²) in [4.78, 5) is 14.7. The van der Waals surface area contributed by atoms with Gasteiger partial charge in [0.05, 0.1) is 6.61 Å². The predicted octanol–water partition coefficient (Wildman–Crippen LogP) is 4.49. The molecule has 3 rings (SSSR count). The summed E-state index contributed by atoms with van der Waals surface area (Å²) in [7, 11) is 3.97. The zero-order valence-electron chi connectivity index (χ0n) is 17.3. The second-order valence-electron chi connectivity index (χ2n) is 6.80. The number of nitrogens with zero attached hydrogens (tertiary/aromatic N) is 3. The second-order valence-corrected chi connectivity index (χ2v) is 6.80. The van der Waals surface area contributed by atoms with Gasteiger partial charge in [0.1, 0.15) is 17.4 Å². The maximum Gasteiger partial charge on any atom is 0.266 e.